The summed E-state index contributed by atoms with van der Waals surface area (Å²) in [5.74, 6) is 1.43. The van der Waals surface area contributed by atoms with Crippen molar-refractivity contribution in [3.63, 3.8) is 0 Å². The van der Waals surface area contributed by atoms with Crippen molar-refractivity contribution >= 4 is 33.8 Å². The van der Waals surface area contributed by atoms with Crippen LogP contribution in [0.5, 0.6) is 0 Å². The van der Waals surface area contributed by atoms with Gasteiger partial charge in [0.05, 0.1) is 0 Å². The van der Waals surface area contributed by atoms with Gasteiger partial charge >= 0.3 is 12.2 Å². The lowest BCUT2D eigenvalue weighted by molar-refractivity contribution is 0.152. The molecule has 2 amide bonds. The van der Waals surface area contributed by atoms with Gasteiger partial charge in [0, 0.05) is 24.6 Å². The molecule has 0 unspecified atom stereocenters. The van der Waals surface area contributed by atoms with Gasteiger partial charge in [-0.05, 0) is 12.8 Å². The van der Waals surface area contributed by atoms with Crippen molar-refractivity contribution in [2.45, 2.75) is 39.5 Å². The maximum absolute atomic E-state index is 11.2. The van der Waals surface area contributed by atoms with Gasteiger partial charge < -0.3 is 20.1 Å². The van der Waals surface area contributed by atoms with Crippen LogP contribution in [0.2, 0.25) is 0 Å². The molecule has 0 saturated carbocycles. The zero-order valence-corrected chi connectivity index (χ0v) is 15.2. The molecule has 2 N–H and O–H groups in total. The Morgan fingerprint density at radius 3 is 1.59 bits per heavy atom. The molecule has 0 aliphatic heterocycles. The molecule has 0 aromatic heterocycles. The number of carbonyl (C=O) groups is 2. The van der Waals surface area contributed by atoms with Gasteiger partial charge in [0.25, 0.3) is 0 Å². The Bertz CT molecular complexity index is 266. The van der Waals surface area contributed by atoms with Gasteiger partial charge in [0.2, 0.25) is 0 Å². The third kappa shape index (κ3) is 15.6. The first-order valence-electron chi connectivity index (χ1n) is 7.76. The highest BCUT2D eigenvalue weighted by atomic mass is 33.1. The molecule has 0 radical (unpaired) electrons. The molecule has 6 nitrogen and oxygen atoms in total. The van der Waals surface area contributed by atoms with E-state index in [0.717, 1.165) is 25.7 Å². The second-order valence-electron chi connectivity index (χ2n) is 4.48. The van der Waals surface area contributed by atoms with Crippen LogP contribution in [0.4, 0.5) is 9.59 Å². The summed E-state index contributed by atoms with van der Waals surface area (Å²) < 4.78 is 10.0. The standard InChI is InChI=1S/C14H28N2O4S2/c1-3-5-7-15-13(17)19-9-11-21-22-12-10-20-14(18)16-8-6-4-2/h3-12H2,1-2H3,(H,15,17)(H,16,18). The number of hydrogen-bond donors (Lipinski definition) is 2. The van der Waals surface area contributed by atoms with Crippen molar-refractivity contribution in [2.75, 3.05) is 37.8 Å². The number of hydrogen-bond acceptors (Lipinski definition) is 6. The van der Waals surface area contributed by atoms with Crippen LogP contribution < -0.4 is 10.6 Å². The molecule has 0 aliphatic rings. The molecule has 0 atom stereocenters. The normalized spacial score (nSPS) is 10.1. The van der Waals surface area contributed by atoms with Crippen LogP contribution in [0.15, 0.2) is 0 Å². The van der Waals surface area contributed by atoms with E-state index in [-0.39, 0.29) is 12.2 Å². The third-order valence-corrected chi connectivity index (χ3v) is 4.82. The average molecular weight is 353 g/mol. The van der Waals surface area contributed by atoms with Gasteiger partial charge in [-0.15, -0.1) is 0 Å². The lowest BCUT2D eigenvalue weighted by Gasteiger charge is -2.07. The molecular weight excluding hydrogens is 324 g/mol. The highest BCUT2D eigenvalue weighted by Crippen LogP contribution is 2.20. The maximum Gasteiger partial charge on any atom is 0.407 e. The highest BCUT2D eigenvalue weighted by molar-refractivity contribution is 8.76. The molecule has 0 heterocycles. The van der Waals surface area contributed by atoms with Crippen LogP contribution in [0.1, 0.15) is 39.5 Å². The van der Waals surface area contributed by atoms with Crippen molar-refractivity contribution < 1.29 is 19.1 Å². The molecule has 0 rings (SSSR count). The van der Waals surface area contributed by atoms with E-state index in [1.54, 1.807) is 21.6 Å². The summed E-state index contributed by atoms with van der Waals surface area (Å²) in [5, 5.41) is 5.37. The summed E-state index contributed by atoms with van der Waals surface area (Å²) in [6.45, 7) is 6.23. The van der Waals surface area contributed by atoms with Crippen LogP contribution in [-0.4, -0.2) is 50.0 Å². The van der Waals surface area contributed by atoms with Gasteiger partial charge in [-0.25, -0.2) is 9.59 Å². The average Bonchev–Trinajstić information content (AvgIpc) is 2.50. The van der Waals surface area contributed by atoms with Gasteiger partial charge in [-0.1, -0.05) is 48.3 Å². The Balaban J connectivity index is 3.23. The number of amides is 2. The van der Waals surface area contributed by atoms with E-state index in [1.165, 1.54) is 0 Å². The SMILES string of the molecule is CCCCNC(=O)OCCSSCCOC(=O)NCCCC. The van der Waals surface area contributed by atoms with Crippen molar-refractivity contribution in [1.82, 2.24) is 10.6 Å². The van der Waals surface area contributed by atoms with Crippen molar-refractivity contribution in [3.8, 4) is 0 Å². The smallest absolute Gasteiger partial charge is 0.407 e. The van der Waals surface area contributed by atoms with Gasteiger partial charge in [0.1, 0.15) is 13.2 Å². The molecule has 0 bridgehead atoms. The van der Waals surface area contributed by atoms with E-state index in [4.69, 9.17) is 9.47 Å². The van der Waals surface area contributed by atoms with Crippen LogP contribution in [0, 0.1) is 0 Å². The third-order valence-electron chi connectivity index (χ3n) is 2.48. The largest absolute Gasteiger partial charge is 0.449 e. The summed E-state index contributed by atoms with van der Waals surface area (Å²) >= 11 is 0. The fourth-order valence-corrected chi connectivity index (χ4v) is 2.94. The number of alkyl carbamates (subject to hydrolysis) is 2. The molecule has 130 valence electrons. The zero-order chi connectivity index (χ0) is 16.5. The molecule has 0 spiro atoms. The molecule has 0 aliphatic carbocycles. The number of nitrogens with one attached hydrogen (secondary N) is 2. The summed E-state index contributed by atoms with van der Waals surface area (Å²) in [4.78, 5) is 22.4. The molecule has 0 aromatic rings. The van der Waals surface area contributed by atoms with E-state index in [0.29, 0.717) is 37.8 Å². The van der Waals surface area contributed by atoms with E-state index in [2.05, 4.69) is 24.5 Å². The first-order valence-corrected chi connectivity index (χ1v) is 10.2. The minimum Gasteiger partial charge on any atom is -0.449 e. The van der Waals surface area contributed by atoms with Crippen LogP contribution in [0.3, 0.4) is 0 Å². The fraction of sp³-hybridized carbons (Fsp3) is 0.857. The van der Waals surface area contributed by atoms with E-state index in [9.17, 15) is 9.59 Å². The Labute approximate surface area is 141 Å². The zero-order valence-electron chi connectivity index (χ0n) is 13.5. The Morgan fingerprint density at radius 1 is 0.818 bits per heavy atom. The highest BCUT2D eigenvalue weighted by Gasteiger charge is 2.02. The van der Waals surface area contributed by atoms with Crippen molar-refractivity contribution in [1.29, 1.82) is 0 Å². The second kappa shape index (κ2) is 16.6. The fourth-order valence-electron chi connectivity index (χ4n) is 1.29. The topological polar surface area (TPSA) is 76.7 Å². The first-order chi connectivity index (χ1) is 10.7. The predicted octanol–water partition coefficient (Wildman–Crippen LogP) is 3.42. The monoisotopic (exact) mass is 352 g/mol. The van der Waals surface area contributed by atoms with Crippen LogP contribution >= 0.6 is 21.6 Å². The number of ether oxygens (including phenoxy) is 2. The predicted molar refractivity (Wildman–Crippen MR) is 93.4 cm³/mol. The molecule has 0 aromatic carbocycles. The van der Waals surface area contributed by atoms with Crippen molar-refractivity contribution in [3.05, 3.63) is 0 Å². The molecular formula is C14H28N2O4S2. The minimum atomic E-state index is -0.355. The molecule has 22 heavy (non-hydrogen) atoms. The minimum absolute atomic E-state index is 0.355. The van der Waals surface area contributed by atoms with Crippen LogP contribution in [-0.2, 0) is 9.47 Å². The van der Waals surface area contributed by atoms with Gasteiger partial charge in [-0.3, -0.25) is 0 Å². The van der Waals surface area contributed by atoms with Gasteiger partial charge in [0.15, 0.2) is 0 Å². The maximum atomic E-state index is 11.2. The Hall–Kier alpha value is -0.760. The van der Waals surface area contributed by atoms with Crippen LogP contribution in [0.25, 0.3) is 0 Å². The Morgan fingerprint density at radius 2 is 1.23 bits per heavy atom. The van der Waals surface area contributed by atoms with E-state index in [1.807, 2.05) is 0 Å². The first kappa shape index (κ1) is 21.2. The van der Waals surface area contributed by atoms with E-state index < -0.39 is 0 Å². The molecule has 8 heteroatoms. The lowest BCUT2D eigenvalue weighted by Crippen LogP contribution is -2.26. The number of unbranched alkanes of at least 4 members (excludes halogenated alkanes) is 2. The molecule has 0 saturated heterocycles. The summed E-state index contributed by atoms with van der Waals surface area (Å²) in [7, 11) is 3.19. The van der Waals surface area contributed by atoms with E-state index >= 15 is 0 Å². The van der Waals surface area contributed by atoms with Gasteiger partial charge in [-0.2, -0.15) is 0 Å². The summed E-state index contributed by atoms with van der Waals surface area (Å²) in [6, 6.07) is 0. The summed E-state index contributed by atoms with van der Waals surface area (Å²) in [5.41, 5.74) is 0. The quantitative estimate of drug-likeness (QED) is 0.391. The van der Waals surface area contributed by atoms with Crippen molar-refractivity contribution in [2.24, 2.45) is 0 Å². The molecule has 0 fully saturated rings. The second-order valence-corrected chi connectivity index (χ2v) is 7.18. The lowest BCUT2D eigenvalue weighted by atomic mass is 10.3. The number of rotatable bonds is 13. The summed E-state index contributed by atoms with van der Waals surface area (Å²) in [6.07, 6.45) is 3.31. The number of carbonyl (C=O) groups excluding carboxylic acids is 2. The Kier molecular flexibility index (Phi) is 16.0.